The van der Waals surface area contributed by atoms with Crippen molar-refractivity contribution >= 4 is 12.1 Å². The Morgan fingerprint density at radius 1 is 0.938 bits per heavy atom. The standard InChI is InChI=1S/C25H41NO6/c1-24(2,32-17-14-25(3,4)31-16-12-22(27)29-5)13-15-26-23(28)30-18-21-19-10-8-6-7-9-11-20(19)21/h19-21H,8-18H2,1-5H3,(H,26,28)/t19-,20+,21?. The van der Waals surface area contributed by atoms with Crippen LogP contribution in [-0.4, -0.2) is 56.7 Å². The first-order valence-corrected chi connectivity index (χ1v) is 11.8. The molecule has 7 heteroatoms. The molecule has 2 aliphatic rings. The highest BCUT2D eigenvalue weighted by molar-refractivity contribution is 5.69. The average Bonchev–Trinajstić information content (AvgIpc) is 3.34. The van der Waals surface area contributed by atoms with Crippen LogP contribution in [0.5, 0.6) is 0 Å². The number of fused-ring (bicyclic) bond motifs is 1. The van der Waals surface area contributed by atoms with E-state index in [-0.39, 0.29) is 24.1 Å². The van der Waals surface area contributed by atoms with Crippen LogP contribution >= 0.6 is 0 Å². The third-order valence-corrected chi connectivity index (χ3v) is 6.47. The monoisotopic (exact) mass is 451 g/mol. The SMILES string of the molecule is COC(=O)CCOC(C)(C)CCOC(C)(C)CCNC(=O)OCC1[C@H]2CCC#CCC[C@@H]12. The summed E-state index contributed by atoms with van der Waals surface area (Å²) in [6.07, 6.45) is 5.46. The zero-order chi connectivity index (χ0) is 23.6. The molecule has 1 saturated carbocycles. The fourth-order valence-corrected chi connectivity index (χ4v) is 4.20. The molecule has 0 radical (unpaired) electrons. The normalized spacial score (nSPS) is 22.5. The zero-order valence-corrected chi connectivity index (χ0v) is 20.5. The second-order valence-corrected chi connectivity index (χ2v) is 9.99. The second-order valence-electron chi connectivity index (χ2n) is 9.99. The van der Waals surface area contributed by atoms with Gasteiger partial charge in [0, 0.05) is 19.4 Å². The Balaban J connectivity index is 1.54. The Morgan fingerprint density at radius 2 is 1.53 bits per heavy atom. The summed E-state index contributed by atoms with van der Waals surface area (Å²) in [5, 5.41) is 2.84. The molecule has 32 heavy (non-hydrogen) atoms. The molecule has 0 heterocycles. The Morgan fingerprint density at radius 3 is 2.16 bits per heavy atom. The Kier molecular flexibility index (Phi) is 10.3. The van der Waals surface area contributed by atoms with Crippen molar-refractivity contribution < 1.29 is 28.5 Å². The minimum atomic E-state index is -0.393. The Labute approximate surface area is 193 Å². The van der Waals surface area contributed by atoms with E-state index in [1.54, 1.807) is 0 Å². The van der Waals surface area contributed by atoms with Crippen LogP contribution < -0.4 is 5.32 Å². The molecule has 0 aromatic heterocycles. The summed E-state index contributed by atoms with van der Waals surface area (Å²) >= 11 is 0. The van der Waals surface area contributed by atoms with Crippen LogP contribution in [0.15, 0.2) is 0 Å². The summed E-state index contributed by atoms with van der Waals surface area (Å²) in [4.78, 5) is 23.3. The smallest absolute Gasteiger partial charge is 0.407 e. The molecule has 7 nitrogen and oxygen atoms in total. The third kappa shape index (κ3) is 9.79. The lowest BCUT2D eigenvalue weighted by molar-refractivity contribution is -0.143. The van der Waals surface area contributed by atoms with E-state index >= 15 is 0 Å². The van der Waals surface area contributed by atoms with Gasteiger partial charge in [-0.1, -0.05) is 0 Å². The number of carbonyl (C=O) groups is 2. The molecule has 0 aliphatic heterocycles. The van der Waals surface area contributed by atoms with Crippen molar-refractivity contribution in [3.8, 4) is 11.8 Å². The van der Waals surface area contributed by atoms with Gasteiger partial charge in [0.05, 0.1) is 44.6 Å². The van der Waals surface area contributed by atoms with Crippen molar-refractivity contribution in [2.75, 3.05) is 33.5 Å². The van der Waals surface area contributed by atoms with Crippen molar-refractivity contribution in [1.82, 2.24) is 5.32 Å². The molecule has 0 spiro atoms. The number of carbonyl (C=O) groups excluding carboxylic acids is 2. The van der Waals surface area contributed by atoms with Gasteiger partial charge in [0.15, 0.2) is 0 Å². The van der Waals surface area contributed by atoms with E-state index in [0.717, 1.165) is 25.7 Å². The lowest BCUT2D eigenvalue weighted by Crippen LogP contribution is -2.35. The summed E-state index contributed by atoms with van der Waals surface area (Å²) in [7, 11) is 1.37. The van der Waals surface area contributed by atoms with E-state index in [2.05, 4.69) is 21.9 Å². The summed E-state index contributed by atoms with van der Waals surface area (Å²) in [6, 6.07) is 0. The molecule has 2 aliphatic carbocycles. The molecule has 0 aromatic rings. The van der Waals surface area contributed by atoms with Crippen molar-refractivity contribution in [2.45, 2.75) is 83.8 Å². The molecular formula is C25H41NO6. The first-order chi connectivity index (χ1) is 15.1. The molecule has 1 unspecified atom stereocenters. The van der Waals surface area contributed by atoms with Crippen LogP contribution in [0, 0.1) is 29.6 Å². The largest absolute Gasteiger partial charge is 0.469 e. The van der Waals surface area contributed by atoms with E-state index < -0.39 is 5.60 Å². The number of amides is 1. The van der Waals surface area contributed by atoms with E-state index in [9.17, 15) is 9.59 Å². The van der Waals surface area contributed by atoms with Crippen molar-refractivity contribution in [2.24, 2.45) is 17.8 Å². The first-order valence-electron chi connectivity index (χ1n) is 11.8. The fraction of sp³-hybridized carbons (Fsp3) is 0.840. The first kappa shape index (κ1) is 26.5. The second kappa shape index (κ2) is 12.5. The Hall–Kier alpha value is -1.78. The summed E-state index contributed by atoms with van der Waals surface area (Å²) in [5.74, 6) is 7.99. The van der Waals surface area contributed by atoms with Crippen LogP contribution in [0.1, 0.15) is 72.6 Å². The maximum Gasteiger partial charge on any atom is 0.407 e. The number of nitrogens with one attached hydrogen (secondary N) is 1. The number of esters is 1. The number of ether oxygens (including phenoxy) is 4. The molecule has 3 atom stereocenters. The van der Waals surface area contributed by atoms with Crippen LogP contribution in [0.3, 0.4) is 0 Å². The van der Waals surface area contributed by atoms with Crippen LogP contribution in [0.25, 0.3) is 0 Å². The number of rotatable bonds is 13. The van der Waals surface area contributed by atoms with E-state index in [0.29, 0.717) is 57.0 Å². The fourth-order valence-electron chi connectivity index (χ4n) is 4.20. The molecule has 1 amide bonds. The summed E-state index contributed by atoms with van der Waals surface area (Å²) in [6.45, 7) is 9.82. The maximum absolute atomic E-state index is 12.1. The molecule has 2 rings (SSSR count). The van der Waals surface area contributed by atoms with E-state index in [1.165, 1.54) is 7.11 Å². The van der Waals surface area contributed by atoms with Crippen molar-refractivity contribution in [3.05, 3.63) is 0 Å². The lowest BCUT2D eigenvalue weighted by Gasteiger charge is -2.29. The summed E-state index contributed by atoms with van der Waals surface area (Å²) < 4.78 is 21.9. The molecule has 182 valence electrons. The minimum Gasteiger partial charge on any atom is -0.469 e. The quantitative estimate of drug-likeness (QED) is 0.335. The summed E-state index contributed by atoms with van der Waals surface area (Å²) in [5.41, 5.74) is -0.770. The maximum atomic E-state index is 12.1. The van der Waals surface area contributed by atoms with Gasteiger partial charge in [0.25, 0.3) is 0 Å². The van der Waals surface area contributed by atoms with Crippen molar-refractivity contribution in [1.29, 1.82) is 0 Å². The Bertz CT molecular complexity index is 660. The zero-order valence-electron chi connectivity index (χ0n) is 20.5. The average molecular weight is 452 g/mol. The predicted molar refractivity (Wildman–Crippen MR) is 122 cm³/mol. The lowest BCUT2D eigenvalue weighted by atomic mass is 10.0. The van der Waals surface area contributed by atoms with Crippen LogP contribution in [0.2, 0.25) is 0 Å². The van der Waals surface area contributed by atoms with Gasteiger partial charge >= 0.3 is 12.1 Å². The molecular weight excluding hydrogens is 410 g/mol. The van der Waals surface area contributed by atoms with Gasteiger partial charge in [0.2, 0.25) is 0 Å². The minimum absolute atomic E-state index is 0.241. The molecule has 1 fully saturated rings. The molecule has 0 aromatic carbocycles. The number of alkyl carbamates (subject to hydrolysis) is 1. The molecule has 0 bridgehead atoms. The third-order valence-electron chi connectivity index (χ3n) is 6.47. The highest BCUT2D eigenvalue weighted by Gasteiger charge is 2.49. The van der Waals surface area contributed by atoms with Gasteiger partial charge in [-0.2, -0.15) is 0 Å². The van der Waals surface area contributed by atoms with Gasteiger partial charge in [-0.15, -0.1) is 11.8 Å². The van der Waals surface area contributed by atoms with E-state index in [1.807, 2.05) is 27.7 Å². The van der Waals surface area contributed by atoms with Crippen LogP contribution in [0.4, 0.5) is 4.79 Å². The number of hydrogen-bond donors (Lipinski definition) is 1. The number of hydrogen-bond acceptors (Lipinski definition) is 6. The highest BCUT2D eigenvalue weighted by atomic mass is 16.6. The molecule has 1 N–H and O–H groups in total. The van der Waals surface area contributed by atoms with Gasteiger partial charge in [-0.25, -0.2) is 4.79 Å². The topological polar surface area (TPSA) is 83.1 Å². The highest BCUT2D eigenvalue weighted by Crippen LogP contribution is 2.52. The van der Waals surface area contributed by atoms with Crippen molar-refractivity contribution in [3.63, 3.8) is 0 Å². The number of methoxy groups -OCH3 is 1. The van der Waals surface area contributed by atoms with Gasteiger partial charge in [0.1, 0.15) is 0 Å². The van der Waals surface area contributed by atoms with E-state index in [4.69, 9.17) is 14.2 Å². The van der Waals surface area contributed by atoms with Gasteiger partial charge in [-0.3, -0.25) is 4.79 Å². The predicted octanol–water partition coefficient (Wildman–Crippen LogP) is 4.09. The van der Waals surface area contributed by atoms with Gasteiger partial charge < -0.3 is 24.3 Å². The van der Waals surface area contributed by atoms with Crippen LogP contribution in [-0.2, 0) is 23.7 Å². The van der Waals surface area contributed by atoms with Gasteiger partial charge in [-0.05, 0) is 71.1 Å². The molecule has 0 saturated heterocycles.